The van der Waals surface area contributed by atoms with Crippen molar-refractivity contribution in [1.29, 1.82) is 0 Å². The van der Waals surface area contributed by atoms with Crippen molar-refractivity contribution >= 4 is 10.0 Å². The number of sulfonamides is 1. The molecular formula is C11H22F3NO2S. The molecule has 1 atom stereocenters. The van der Waals surface area contributed by atoms with E-state index in [1.807, 2.05) is 27.7 Å². The summed E-state index contributed by atoms with van der Waals surface area (Å²) >= 11 is 0. The first-order valence-corrected chi connectivity index (χ1v) is 7.66. The first-order chi connectivity index (χ1) is 8.16. The van der Waals surface area contributed by atoms with Gasteiger partial charge in [-0.2, -0.15) is 17.5 Å². The molecule has 0 aromatic heterocycles. The third-order valence-electron chi connectivity index (χ3n) is 3.00. The zero-order valence-corrected chi connectivity index (χ0v) is 12.1. The van der Waals surface area contributed by atoms with Crippen LogP contribution in [0.2, 0.25) is 0 Å². The minimum Gasteiger partial charge on any atom is -0.203 e. The monoisotopic (exact) mass is 289 g/mol. The summed E-state index contributed by atoms with van der Waals surface area (Å²) in [6, 6.07) is 0. The van der Waals surface area contributed by atoms with Gasteiger partial charge in [0.15, 0.2) is 0 Å². The fourth-order valence-corrected chi connectivity index (χ4v) is 2.93. The first kappa shape index (κ1) is 17.7. The molecule has 3 nitrogen and oxygen atoms in total. The van der Waals surface area contributed by atoms with Gasteiger partial charge in [0, 0.05) is 13.1 Å². The molecule has 0 N–H and O–H groups in total. The molecule has 0 aromatic carbocycles. The van der Waals surface area contributed by atoms with Crippen molar-refractivity contribution in [1.82, 2.24) is 4.31 Å². The average molecular weight is 289 g/mol. The second kappa shape index (κ2) is 6.75. The van der Waals surface area contributed by atoms with Gasteiger partial charge in [-0.05, 0) is 24.7 Å². The molecule has 1 aliphatic rings. The molecule has 0 spiro atoms. The molecule has 0 saturated carbocycles. The van der Waals surface area contributed by atoms with Gasteiger partial charge in [-0.3, -0.25) is 0 Å². The normalized spacial score (nSPS) is 22.6. The van der Waals surface area contributed by atoms with Crippen LogP contribution in [0.5, 0.6) is 0 Å². The topological polar surface area (TPSA) is 37.4 Å². The van der Waals surface area contributed by atoms with E-state index in [9.17, 15) is 21.6 Å². The minimum absolute atomic E-state index is 0.0144. The molecule has 0 amide bonds. The average Bonchev–Trinajstić information content (AvgIpc) is 2.30. The zero-order chi connectivity index (χ0) is 14.6. The molecule has 0 radical (unpaired) electrons. The molecule has 0 bridgehead atoms. The molecule has 1 saturated heterocycles. The highest BCUT2D eigenvalue weighted by Crippen LogP contribution is 2.32. The zero-order valence-electron chi connectivity index (χ0n) is 11.3. The van der Waals surface area contributed by atoms with Crippen LogP contribution in [-0.4, -0.2) is 31.3 Å². The summed E-state index contributed by atoms with van der Waals surface area (Å²) in [5.74, 6) is 0.220. The molecule has 110 valence electrons. The number of halogens is 3. The van der Waals surface area contributed by atoms with Crippen molar-refractivity contribution in [3.05, 3.63) is 0 Å². The Balaban J connectivity index is 0.00000137. The van der Waals surface area contributed by atoms with Crippen molar-refractivity contribution in [2.45, 2.75) is 46.0 Å². The van der Waals surface area contributed by atoms with Gasteiger partial charge in [-0.15, -0.1) is 0 Å². The highest BCUT2D eigenvalue weighted by molar-refractivity contribution is 7.90. The Labute approximate surface area is 107 Å². The van der Waals surface area contributed by atoms with Crippen molar-refractivity contribution in [3.63, 3.8) is 0 Å². The molecular weight excluding hydrogens is 267 g/mol. The lowest BCUT2D eigenvalue weighted by Crippen LogP contribution is -2.46. The lowest BCUT2D eigenvalue weighted by Gasteiger charge is -2.34. The highest BCUT2D eigenvalue weighted by Gasteiger charge is 2.50. The lowest BCUT2D eigenvalue weighted by atomic mass is 9.89. The van der Waals surface area contributed by atoms with Gasteiger partial charge in [-0.25, -0.2) is 8.42 Å². The molecule has 1 fully saturated rings. The van der Waals surface area contributed by atoms with Crippen molar-refractivity contribution in [2.75, 3.05) is 13.1 Å². The van der Waals surface area contributed by atoms with E-state index in [0.29, 0.717) is 10.7 Å². The van der Waals surface area contributed by atoms with E-state index >= 15 is 0 Å². The van der Waals surface area contributed by atoms with E-state index in [-0.39, 0.29) is 24.9 Å². The molecule has 1 aliphatic heterocycles. The van der Waals surface area contributed by atoms with Crippen molar-refractivity contribution in [2.24, 2.45) is 11.8 Å². The van der Waals surface area contributed by atoms with Crippen LogP contribution in [0.15, 0.2) is 0 Å². The van der Waals surface area contributed by atoms with Crippen LogP contribution < -0.4 is 0 Å². The molecule has 1 rings (SSSR count). The minimum atomic E-state index is -5.17. The fraction of sp³-hybridized carbons (Fsp3) is 1.00. The molecule has 7 heteroatoms. The predicted octanol–water partition coefficient (Wildman–Crippen LogP) is 3.23. The van der Waals surface area contributed by atoms with Crippen LogP contribution in [-0.2, 0) is 10.0 Å². The summed E-state index contributed by atoms with van der Waals surface area (Å²) in [4.78, 5) is 0. The second-order valence-electron chi connectivity index (χ2n) is 4.46. The lowest BCUT2D eigenvalue weighted by molar-refractivity contribution is -0.0501. The molecule has 0 aromatic rings. The van der Waals surface area contributed by atoms with Gasteiger partial charge < -0.3 is 0 Å². The second-order valence-corrected chi connectivity index (χ2v) is 6.38. The number of piperidine rings is 1. The number of hydrogen-bond acceptors (Lipinski definition) is 2. The van der Waals surface area contributed by atoms with Crippen LogP contribution in [0.3, 0.4) is 0 Å². The maximum absolute atomic E-state index is 12.3. The number of rotatable bonds is 2. The van der Waals surface area contributed by atoms with Crippen molar-refractivity contribution in [3.8, 4) is 0 Å². The van der Waals surface area contributed by atoms with Crippen LogP contribution in [0.25, 0.3) is 0 Å². The Kier molecular flexibility index (Phi) is 6.63. The Hall–Kier alpha value is -0.300. The standard InChI is InChI=1S/C9H16F3NO2S.C2H6/c1-7(2)8-4-3-5-13(6-8)16(14,15)9(10,11)12;1-2/h7-8H,3-6H2,1-2H3;1-2H3. The Morgan fingerprint density at radius 2 is 1.72 bits per heavy atom. The van der Waals surface area contributed by atoms with Crippen LogP contribution >= 0.6 is 0 Å². The third kappa shape index (κ3) is 4.12. The molecule has 1 heterocycles. The Morgan fingerprint density at radius 3 is 2.11 bits per heavy atom. The predicted molar refractivity (Wildman–Crippen MR) is 65.5 cm³/mol. The number of hydrogen-bond donors (Lipinski definition) is 0. The smallest absolute Gasteiger partial charge is 0.203 e. The van der Waals surface area contributed by atoms with Gasteiger partial charge in [0.25, 0.3) is 0 Å². The molecule has 18 heavy (non-hydrogen) atoms. The summed E-state index contributed by atoms with van der Waals surface area (Å²) in [5.41, 5.74) is -5.17. The Morgan fingerprint density at radius 1 is 1.22 bits per heavy atom. The summed E-state index contributed by atoms with van der Waals surface area (Å²) in [6.45, 7) is 7.76. The van der Waals surface area contributed by atoms with E-state index in [1.54, 1.807) is 0 Å². The SMILES string of the molecule is CC.CC(C)C1CCCN(S(=O)(=O)C(F)(F)F)C1. The maximum Gasteiger partial charge on any atom is 0.511 e. The quantitative estimate of drug-likeness (QED) is 0.782. The van der Waals surface area contributed by atoms with Gasteiger partial charge in [-0.1, -0.05) is 27.7 Å². The largest absolute Gasteiger partial charge is 0.511 e. The maximum atomic E-state index is 12.3. The van der Waals surface area contributed by atoms with Crippen LogP contribution in [0.1, 0.15) is 40.5 Å². The highest BCUT2D eigenvalue weighted by atomic mass is 32.2. The molecule has 0 aliphatic carbocycles. The number of nitrogens with zero attached hydrogens (tertiary/aromatic N) is 1. The molecule has 1 unspecified atom stereocenters. The van der Waals surface area contributed by atoms with E-state index in [0.717, 1.165) is 6.42 Å². The van der Waals surface area contributed by atoms with Crippen LogP contribution in [0, 0.1) is 11.8 Å². The van der Waals surface area contributed by atoms with Gasteiger partial charge in [0.2, 0.25) is 0 Å². The van der Waals surface area contributed by atoms with Gasteiger partial charge in [0.05, 0.1) is 0 Å². The third-order valence-corrected chi connectivity index (χ3v) is 4.59. The first-order valence-electron chi connectivity index (χ1n) is 6.22. The summed E-state index contributed by atoms with van der Waals surface area (Å²) in [6.07, 6.45) is 1.29. The number of alkyl halides is 3. The van der Waals surface area contributed by atoms with Crippen LogP contribution in [0.4, 0.5) is 13.2 Å². The van der Waals surface area contributed by atoms with Gasteiger partial charge in [0.1, 0.15) is 0 Å². The van der Waals surface area contributed by atoms with Crippen molar-refractivity contribution < 1.29 is 21.6 Å². The van der Waals surface area contributed by atoms with E-state index < -0.39 is 15.5 Å². The van der Waals surface area contributed by atoms with Gasteiger partial charge >= 0.3 is 15.5 Å². The fourth-order valence-electron chi connectivity index (χ4n) is 1.88. The van der Waals surface area contributed by atoms with E-state index in [1.165, 1.54) is 0 Å². The summed E-state index contributed by atoms with van der Waals surface area (Å²) < 4.78 is 59.9. The summed E-state index contributed by atoms with van der Waals surface area (Å²) in [5, 5.41) is 0. The Bertz CT molecular complexity index is 339. The summed E-state index contributed by atoms with van der Waals surface area (Å²) in [7, 11) is -5.13. The van der Waals surface area contributed by atoms with E-state index in [2.05, 4.69) is 0 Å². The van der Waals surface area contributed by atoms with E-state index in [4.69, 9.17) is 0 Å².